The van der Waals surface area contributed by atoms with Crippen molar-refractivity contribution < 1.29 is 13.2 Å². The van der Waals surface area contributed by atoms with Crippen LogP contribution in [0, 0.1) is 12.8 Å². The van der Waals surface area contributed by atoms with Gasteiger partial charge in [0.2, 0.25) is 5.91 Å². The summed E-state index contributed by atoms with van der Waals surface area (Å²) in [6, 6.07) is 0. The van der Waals surface area contributed by atoms with Gasteiger partial charge < -0.3 is 14.8 Å². The Morgan fingerprint density at radius 1 is 1.44 bits per heavy atom. The van der Waals surface area contributed by atoms with Gasteiger partial charge in [0.1, 0.15) is 5.82 Å². The summed E-state index contributed by atoms with van der Waals surface area (Å²) in [6.45, 7) is 4.22. The highest BCUT2D eigenvalue weighted by Crippen LogP contribution is 2.16. The molecule has 0 radical (unpaired) electrons. The molecule has 10 heteroatoms. The van der Waals surface area contributed by atoms with Crippen molar-refractivity contribution in [3.63, 3.8) is 0 Å². The lowest BCUT2D eigenvalue weighted by Gasteiger charge is -2.32. The zero-order chi connectivity index (χ0) is 17.7. The predicted molar refractivity (Wildman–Crippen MR) is 98.2 cm³/mol. The summed E-state index contributed by atoms with van der Waals surface area (Å²) in [4.78, 5) is 18.1. The normalized spacial score (nSPS) is 18.0. The molecule has 1 aliphatic heterocycles. The van der Waals surface area contributed by atoms with Crippen molar-refractivity contribution in [1.29, 1.82) is 0 Å². The number of carbonyl (C=O) groups is 1. The van der Waals surface area contributed by atoms with Gasteiger partial charge in [-0.15, -0.1) is 12.4 Å². The van der Waals surface area contributed by atoms with E-state index >= 15 is 0 Å². The van der Waals surface area contributed by atoms with Gasteiger partial charge in [0.05, 0.1) is 0 Å². The summed E-state index contributed by atoms with van der Waals surface area (Å²) in [5.74, 6) is 1.09. The summed E-state index contributed by atoms with van der Waals surface area (Å²) in [7, 11) is -0.0199. The lowest BCUT2D eigenvalue weighted by atomic mass is 9.98. The summed E-state index contributed by atoms with van der Waals surface area (Å²) < 4.78 is 28.5. The van der Waals surface area contributed by atoms with E-state index in [0.717, 1.165) is 32.5 Å². The second-order valence-electron chi connectivity index (χ2n) is 6.29. The third-order valence-electron chi connectivity index (χ3n) is 4.36. The SMILES string of the molecule is CNCC1CCCN(C(=O)CCNS(=O)(=O)c2cn(C)c(C)n2)C1.Cl. The number of amides is 1. The van der Waals surface area contributed by atoms with Crippen LogP contribution >= 0.6 is 12.4 Å². The molecule has 1 aromatic rings. The van der Waals surface area contributed by atoms with Gasteiger partial charge in [-0.2, -0.15) is 0 Å². The van der Waals surface area contributed by atoms with Crippen molar-refractivity contribution in [2.24, 2.45) is 13.0 Å². The highest BCUT2D eigenvalue weighted by Gasteiger charge is 2.24. The Balaban J connectivity index is 0.00000312. The number of hydrogen-bond donors (Lipinski definition) is 2. The van der Waals surface area contributed by atoms with Gasteiger partial charge in [0.25, 0.3) is 10.0 Å². The second-order valence-corrected chi connectivity index (χ2v) is 8.00. The topological polar surface area (TPSA) is 96.3 Å². The van der Waals surface area contributed by atoms with Crippen LogP contribution in [0.2, 0.25) is 0 Å². The zero-order valence-corrected chi connectivity index (χ0v) is 16.6. The van der Waals surface area contributed by atoms with Crippen molar-refractivity contribution in [2.75, 3.05) is 33.2 Å². The monoisotopic (exact) mass is 393 g/mol. The summed E-state index contributed by atoms with van der Waals surface area (Å²) >= 11 is 0. The van der Waals surface area contributed by atoms with E-state index in [2.05, 4.69) is 15.0 Å². The average Bonchev–Trinajstić information content (AvgIpc) is 2.88. The van der Waals surface area contributed by atoms with E-state index in [1.807, 2.05) is 11.9 Å². The van der Waals surface area contributed by atoms with E-state index in [1.165, 1.54) is 6.20 Å². The minimum atomic E-state index is -3.67. The molecular formula is C15H28ClN5O3S. The fourth-order valence-electron chi connectivity index (χ4n) is 2.93. The maximum absolute atomic E-state index is 12.3. The van der Waals surface area contributed by atoms with Crippen LogP contribution in [0.3, 0.4) is 0 Å². The van der Waals surface area contributed by atoms with Gasteiger partial charge in [-0.05, 0) is 39.3 Å². The van der Waals surface area contributed by atoms with Crippen LogP contribution in [0.5, 0.6) is 0 Å². The third-order valence-corrected chi connectivity index (χ3v) is 5.69. The van der Waals surface area contributed by atoms with Gasteiger partial charge >= 0.3 is 0 Å². The smallest absolute Gasteiger partial charge is 0.259 e. The minimum Gasteiger partial charge on any atom is -0.342 e. The Morgan fingerprint density at radius 3 is 2.76 bits per heavy atom. The van der Waals surface area contributed by atoms with Crippen LogP contribution < -0.4 is 10.0 Å². The second kappa shape index (κ2) is 9.51. The Kier molecular flexibility index (Phi) is 8.33. The molecule has 1 saturated heterocycles. The van der Waals surface area contributed by atoms with Crippen LogP contribution in [-0.2, 0) is 21.9 Å². The molecule has 1 atom stereocenters. The molecule has 2 heterocycles. The standard InChI is InChI=1S/C15H27N5O3S.ClH/c1-12-18-14(11-19(12)3)24(22,23)17-7-6-15(21)20-8-4-5-13(10-20)9-16-2;/h11,13,16-17H,4-10H2,1-3H3;1H. The fraction of sp³-hybridized carbons (Fsp3) is 0.733. The quantitative estimate of drug-likeness (QED) is 0.693. The molecule has 1 amide bonds. The molecule has 1 fully saturated rings. The summed E-state index contributed by atoms with van der Waals surface area (Å²) in [6.07, 6.45) is 3.75. The van der Waals surface area contributed by atoms with Gasteiger partial charge in [-0.3, -0.25) is 4.79 Å². The molecule has 1 aromatic heterocycles. The van der Waals surface area contributed by atoms with E-state index < -0.39 is 10.0 Å². The van der Waals surface area contributed by atoms with Crippen LogP contribution in [0.1, 0.15) is 25.1 Å². The van der Waals surface area contributed by atoms with Crippen molar-refractivity contribution in [3.05, 3.63) is 12.0 Å². The Morgan fingerprint density at radius 2 is 2.16 bits per heavy atom. The first-order chi connectivity index (χ1) is 11.3. The largest absolute Gasteiger partial charge is 0.342 e. The first kappa shape index (κ1) is 21.9. The lowest BCUT2D eigenvalue weighted by Crippen LogP contribution is -2.43. The summed E-state index contributed by atoms with van der Waals surface area (Å²) in [5.41, 5.74) is 0. The highest BCUT2D eigenvalue weighted by atomic mass is 35.5. The Hall–Kier alpha value is -1.16. The van der Waals surface area contributed by atoms with Crippen LogP contribution in [0.15, 0.2) is 11.2 Å². The number of carbonyl (C=O) groups excluding carboxylic acids is 1. The van der Waals surface area contributed by atoms with Crippen LogP contribution in [-0.4, -0.2) is 62.0 Å². The van der Waals surface area contributed by atoms with E-state index in [-0.39, 0.29) is 36.3 Å². The van der Waals surface area contributed by atoms with Crippen molar-refractivity contribution >= 4 is 28.3 Å². The van der Waals surface area contributed by atoms with E-state index in [4.69, 9.17) is 0 Å². The molecule has 144 valence electrons. The van der Waals surface area contributed by atoms with Gasteiger partial charge in [0, 0.05) is 39.3 Å². The molecule has 1 unspecified atom stereocenters. The maximum atomic E-state index is 12.3. The van der Waals surface area contributed by atoms with E-state index in [0.29, 0.717) is 11.7 Å². The molecule has 1 aliphatic rings. The number of halogens is 1. The first-order valence-corrected chi connectivity index (χ1v) is 9.74. The molecule has 2 N–H and O–H groups in total. The number of imidazole rings is 1. The number of nitrogens with one attached hydrogen (secondary N) is 2. The number of sulfonamides is 1. The molecule has 8 nitrogen and oxygen atoms in total. The average molecular weight is 394 g/mol. The molecule has 0 saturated carbocycles. The molecule has 25 heavy (non-hydrogen) atoms. The highest BCUT2D eigenvalue weighted by molar-refractivity contribution is 7.89. The molecule has 0 bridgehead atoms. The molecule has 0 aromatic carbocycles. The number of aryl methyl sites for hydroxylation is 2. The number of likely N-dealkylation sites (tertiary alicyclic amines) is 1. The van der Waals surface area contributed by atoms with E-state index in [9.17, 15) is 13.2 Å². The van der Waals surface area contributed by atoms with E-state index in [1.54, 1.807) is 18.5 Å². The number of piperidine rings is 1. The number of aromatic nitrogens is 2. The Bertz CT molecular complexity index is 655. The lowest BCUT2D eigenvalue weighted by molar-refractivity contribution is -0.132. The first-order valence-electron chi connectivity index (χ1n) is 8.25. The van der Waals surface area contributed by atoms with Crippen LogP contribution in [0.4, 0.5) is 0 Å². The van der Waals surface area contributed by atoms with Crippen molar-refractivity contribution in [3.8, 4) is 0 Å². The fourth-order valence-corrected chi connectivity index (χ4v) is 3.99. The number of rotatable bonds is 7. The Labute approximate surface area is 155 Å². The molecule has 0 aliphatic carbocycles. The van der Waals surface area contributed by atoms with Crippen molar-refractivity contribution in [1.82, 2.24) is 24.5 Å². The van der Waals surface area contributed by atoms with Crippen LogP contribution in [0.25, 0.3) is 0 Å². The molecule has 0 spiro atoms. The molecule has 2 rings (SSSR count). The summed E-state index contributed by atoms with van der Waals surface area (Å²) in [5, 5.41) is 3.13. The van der Waals surface area contributed by atoms with Crippen molar-refractivity contribution in [2.45, 2.75) is 31.2 Å². The van der Waals surface area contributed by atoms with Gasteiger partial charge in [-0.25, -0.2) is 18.1 Å². The number of hydrogen-bond acceptors (Lipinski definition) is 5. The molecular weight excluding hydrogens is 366 g/mol. The number of nitrogens with zero attached hydrogens (tertiary/aromatic N) is 3. The maximum Gasteiger partial charge on any atom is 0.259 e. The van der Waals surface area contributed by atoms with Gasteiger partial charge in [0.15, 0.2) is 5.03 Å². The predicted octanol–water partition coefficient (Wildman–Crippen LogP) is 0.277. The van der Waals surface area contributed by atoms with Gasteiger partial charge in [-0.1, -0.05) is 0 Å². The minimum absolute atomic E-state index is 0. The zero-order valence-electron chi connectivity index (χ0n) is 15.0. The third kappa shape index (κ3) is 5.95.